The fourth-order valence-corrected chi connectivity index (χ4v) is 3.62. The summed E-state index contributed by atoms with van der Waals surface area (Å²) in [6.45, 7) is 2.86. The third kappa shape index (κ3) is 2.59. The maximum atomic E-state index is 6.43. The van der Waals surface area contributed by atoms with E-state index in [-0.39, 0.29) is 4.83 Å². The van der Waals surface area contributed by atoms with E-state index in [1.165, 1.54) is 11.1 Å². The van der Waals surface area contributed by atoms with Gasteiger partial charge in [0, 0.05) is 5.02 Å². The van der Waals surface area contributed by atoms with E-state index in [0.717, 1.165) is 41.3 Å². The van der Waals surface area contributed by atoms with Crippen LogP contribution in [0, 0.1) is 6.92 Å². The summed E-state index contributed by atoms with van der Waals surface area (Å²) in [6, 6.07) is 12.6. The van der Waals surface area contributed by atoms with Gasteiger partial charge in [-0.2, -0.15) is 0 Å². The normalized spacial score (nSPS) is 15.3. The fourth-order valence-electron chi connectivity index (χ4n) is 2.58. The molecule has 0 fully saturated rings. The molecule has 0 radical (unpaired) electrons. The first-order valence-electron chi connectivity index (χ1n) is 6.81. The van der Waals surface area contributed by atoms with Crippen molar-refractivity contribution < 1.29 is 4.74 Å². The average Bonchev–Trinajstić information content (AvgIpc) is 2.49. The van der Waals surface area contributed by atoms with Crippen molar-refractivity contribution >= 4 is 27.5 Å². The maximum absolute atomic E-state index is 6.43. The molecule has 0 N–H and O–H groups in total. The lowest BCUT2D eigenvalue weighted by Crippen LogP contribution is -2.09. The Hall–Kier alpha value is -0.990. The number of hydrogen-bond acceptors (Lipinski definition) is 1. The second kappa shape index (κ2) is 5.79. The molecule has 1 aliphatic heterocycles. The van der Waals surface area contributed by atoms with Crippen molar-refractivity contribution in [3.05, 3.63) is 63.7 Å². The highest BCUT2D eigenvalue weighted by atomic mass is 79.9. The largest absolute Gasteiger partial charge is 0.493 e. The van der Waals surface area contributed by atoms with Crippen molar-refractivity contribution in [1.29, 1.82) is 0 Å². The lowest BCUT2D eigenvalue weighted by molar-refractivity contribution is 0.288. The summed E-state index contributed by atoms with van der Waals surface area (Å²) in [6.07, 6.45) is 2.18. The van der Waals surface area contributed by atoms with Gasteiger partial charge in [0.1, 0.15) is 5.75 Å². The molecule has 104 valence electrons. The van der Waals surface area contributed by atoms with Gasteiger partial charge in [0.05, 0.1) is 11.4 Å². The van der Waals surface area contributed by atoms with E-state index in [2.05, 4.69) is 40.2 Å². The van der Waals surface area contributed by atoms with Gasteiger partial charge >= 0.3 is 0 Å². The Morgan fingerprint density at radius 2 is 2.10 bits per heavy atom. The van der Waals surface area contributed by atoms with Crippen molar-refractivity contribution in [2.45, 2.75) is 24.6 Å². The molecule has 3 rings (SSSR count). The molecule has 1 aliphatic rings. The van der Waals surface area contributed by atoms with E-state index >= 15 is 0 Å². The molecular weight excluding hydrogens is 336 g/mol. The van der Waals surface area contributed by atoms with Gasteiger partial charge in [-0.25, -0.2) is 0 Å². The molecule has 2 aromatic carbocycles. The first-order chi connectivity index (χ1) is 9.66. The molecule has 1 atom stereocenters. The molecule has 2 aromatic rings. The van der Waals surface area contributed by atoms with Gasteiger partial charge in [0.2, 0.25) is 0 Å². The fraction of sp³-hybridized carbons (Fsp3) is 0.294. The molecule has 0 saturated heterocycles. The van der Waals surface area contributed by atoms with Crippen molar-refractivity contribution in [3.8, 4) is 5.75 Å². The van der Waals surface area contributed by atoms with Crippen molar-refractivity contribution in [3.63, 3.8) is 0 Å². The Kier molecular flexibility index (Phi) is 4.04. The van der Waals surface area contributed by atoms with Gasteiger partial charge in [-0.1, -0.05) is 57.9 Å². The van der Waals surface area contributed by atoms with Crippen molar-refractivity contribution in [2.75, 3.05) is 6.61 Å². The zero-order valence-electron chi connectivity index (χ0n) is 11.3. The van der Waals surface area contributed by atoms with Gasteiger partial charge in [0.15, 0.2) is 0 Å². The quantitative estimate of drug-likeness (QED) is 0.653. The lowest BCUT2D eigenvalue weighted by Gasteiger charge is -2.20. The minimum absolute atomic E-state index is 0.113. The van der Waals surface area contributed by atoms with Crippen LogP contribution in [0.5, 0.6) is 5.75 Å². The molecule has 0 spiro atoms. The molecule has 0 aromatic heterocycles. The monoisotopic (exact) mass is 350 g/mol. The van der Waals surface area contributed by atoms with Gasteiger partial charge in [-0.3, -0.25) is 0 Å². The molecule has 1 nitrogen and oxygen atoms in total. The van der Waals surface area contributed by atoms with E-state index in [0.29, 0.717) is 0 Å². The van der Waals surface area contributed by atoms with Crippen LogP contribution in [0.1, 0.15) is 33.5 Å². The zero-order chi connectivity index (χ0) is 14.1. The number of aryl methyl sites for hydroxylation is 2. The summed E-state index contributed by atoms with van der Waals surface area (Å²) >= 11 is 10.2. The van der Waals surface area contributed by atoms with Crippen LogP contribution in [-0.2, 0) is 6.42 Å². The average molecular weight is 352 g/mol. The SMILES string of the molecule is Cc1cccc(C(Br)c2ccc3c(c2)CCCO3)c1Cl. The van der Waals surface area contributed by atoms with Crippen LogP contribution >= 0.6 is 27.5 Å². The summed E-state index contributed by atoms with van der Waals surface area (Å²) in [7, 11) is 0. The van der Waals surface area contributed by atoms with E-state index < -0.39 is 0 Å². The van der Waals surface area contributed by atoms with Crippen molar-refractivity contribution in [1.82, 2.24) is 0 Å². The van der Waals surface area contributed by atoms with Gasteiger partial charge in [-0.15, -0.1) is 0 Å². The molecule has 0 aliphatic carbocycles. The Bertz CT molecular complexity index is 639. The second-order valence-electron chi connectivity index (χ2n) is 5.16. The van der Waals surface area contributed by atoms with E-state index in [9.17, 15) is 0 Å². The van der Waals surface area contributed by atoms with Crippen LogP contribution < -0.4 is 4.74 Å². The first kappa shape index (κ1) is 14.0. The molecule has 0 amide bonds. The van der Waals surface area contributed by atoms with E-state index in [1.807, 2.05) is 19.1 Å². The molecular formula is C17H16BrClO. The summed E-state index contributed by atoms with van der Waals surface area (Å²) in [5.41, 5.74) is 4.74. The van der Waals surface area contributed by atoms with Crippen LogP contribution in [0.4, 0.5) is 0 Å². The highest BCUT2D eigenvalue weighted by molar-refractivity contribution is 9.09. The van der Waals surface area contributed by atoms with Crippen LogP contribution in [-0.4, -0.2) is 6.61 Å². The van der Waals surface area contributed by atoms with Gasteiger partial charge in [-0.05, 0) is 48.1 Å². The molecule has 1 heterocycles. The van der Waals surface area contributed by atoms with Gasteiger partial charge < -0.3 is 4.74 Å². The number of ether oxygens (including phenoxy) is 1. The molecule has 20 heavy (non-hydrogen) atoms. The predicted molar refractivity (Wildman–Crippen MR) is 87.2 cm³/mol. The zero-order valence-corrected chi connectivity index (χ0v) is 13.7. The van der Waals surface area contributed by atoms with E-state index in [4.69, 9.17) is 16.3 Å². The third-order valence-corrected chi connectivity index (χ3v) is 5.26. The van der Waals surface area contributed by atoms with Crippen LogP contribution in [0.15, 0.2) is 36.4 Å². The Balaban J connectivity index is 1.98. The molecule has 0 bridgehead atoms. The second-order valence-corrected chi connectivity index (χ2v) is 6.45. The lowest BCUT2D eigenvalue weighted by atomic mass is 9.98. The number of benzene rings is 2. The predicted octanol–water partition coefficient (Wildman–Crippen LogP) is 5.46. The summed E-state index contributed by atoms with van der Waals surface area (Å²) < 4.78 is 5.67. The Labute approximate surface area is 133 Å². The third-order valence-electron chi connectivity index (χ3n) is 3.72. The number of hydrogen-bond donors (Lipinski definition) is 0. The Morgan fingerprint density at radius 1 is 1.25 bits per heavy atom. The minimum Gasteiger partial charge on any atom is -0.493 e. The number of halogens is 2. The first-order valence-corrected chi connectivity index (χ1v) is 8.11. The van der Waals surface area contributed by atoms with Crippen molar-refractivity contribution in [2.24, 2.45) is 0 Å². The van der Waals surface area contributed by atoms with Crippen LogP contribution in [0.2, 0.25) is 5.02 Å². The van der Waals surface area contributed by atoms with Crippen LogP contribution in [0.25, 0.3) is 0 Å². The number of alkyl halides is 1. The van der Waals surface area contributed by atoms with Gasteiger partial charge in [0.25, 0.3) is 0 Å². The summed E-state index contributed by atoms with van der Waals surface area (Å²) in [4.78, 5) is 0.113. The minimum atomic E-state index is 0.113. The summed E-state index contributed by atoms with van der Waals surface area (Å²) in [5.74, 6) is 1.02. The highest BCUT2D eigenvalue weighted by Gasteiger charge is 2.17. The maximum Gasteiger partial charge on any atom is 0.122 e. The topological polar surface area (TPSA) is 9.23 Å². The standard InChI is InChI=1S/C17H16BrClO/c1-11-4-2-6-14(17(11)19)16(18)13-7-8-15-12(10-13)5-3-9-20-15/h2,4,6-8,10,16H,3,5,9H2,1H3. The summed E-state index contributed by atoms with van der Waals surface area (Å²) in [5, 5.41) is 0.836. The molecule has 0 saturated carbocycles. The number of fused-ring (bicyclic) bond motifs is 1. The molecule has 3 heteroatoms. The molecule has 1 unspecified atom stereocenters. The Morgan fingerprint density at radius 3 is 2.95 bits per heavy atom. The highest BCUT2D eigenvalue weighted by Crippen LogP contribution is 2.38. The van der Waals surface area contributed by atoms with E-state index in [1.54, 1.807) is 0 Å². The number of rotatable bonds is 2. The van der Waals surface area contributed by atoms with Crippen LogP contribution in [0.3, 0.4) is 0 Å². The smallest absolute Gasteiger partial charge is 0.122 e.